The van der Waals surface area contributed by atoms with Gasteiger partial charge in [0.1, 0.15) is 0 Å². The molecule has 3 heterocycles. The number of anilines is 2. The van der Waals surface area contributed by atoms with Gasteiger partial charge in [-0.1, -0.05) is 6.92 Å². The van der Waals surface area contributed by atoms with Gasteiger partial charge in [-0.3, -0.25) is 9.89 Å². The highest BCUT2D eigenvalue weighted by molar-refractivity contribution is 6.00. The van der Waals surface area contributed by atoms with E-state index in [0.29, 0.717) is 28.7 Å². The van der Waals surface area contributed by atoms with Crippen LogP contribution in [0, 0.1) is 11.8 Å². The number of rotatable bonds is 4. The number of carbonyl (C=O) groups excluding carboxylic acids is 1. The number of aromatic nitrogens is 3. The van der Waals surface area contributed by atoms with E-state index < -0.39 is 12.5 Å². The topological polar surface area (TPSA) is 73.9 Å². The van der Waals surface area contributed by atoms with Gasteiger partial charge in [-0.25, -0.2) is 13.8 Å². The third kappa shape index (κ3) is 3.86. The molecule has 2 fully saturated rings. The van der Waals surface area contributed by atoms with Crippen molar-refractivity contribution in [3.63, 3.8) is 0 Å². The van der Waals surface area contributed by atoms with Gasteiger partial charge in [0.15, 0.2) is 5.82 Å². The number of aromatic amines is 1. The third-order valence-electron chi connectivity index (χ3n) is 5.83. The van der Waals surface area contributed by atoms with E-state index in [2.05, 4.69) is 27.4 Å². The Morgan fingerprint density at radius 2 is 2.04 bits per heavy atom. The van der Waals surface area contributed by atoms with Crippen molar-refractivity contribution in [2.24, 2.45) is 11.8 Å². The average molecular weight is 389 g/mol. The SMILES string of the molecule is C[C@H]1CC[C@H](C(=O)Nc2c(-c3ccn[nH]3)ccnc2N2CCC(F)(F)C2)CC1. The van der Waals surface area contributed by atoms with E-state index in [-0.39, 0.29) is 24.8 Å². The minimum Gasteiger partial charge on any atom is -0.349 e. The first-order valence-corrected chi connectivity index (χ1v) is 9.85. The molecule has 0 atom stereocenters. The minimum absolute atomic E-state index is 0.0566. The Labute approximate surface area is 162 Å². The molecule has 1 amide bonds. The Balaban J connectivity index is 1.66. The number of nitrogens with one attached hydrogen (secondary N) is 2. The Hall–Kier alpha value is -2.51. The van der Waals surface area contributed by atoms with Crippen molar-refractivity contribution in [1.82, 2.24) is 15.2 Å². The first-order chi connectivity index (χ1) is 13.4. The molecule has 150 valence electrons. The lowest BCUT2D eigenvalue weighted by atomic mass is 9.82. The zero-order valence-corrected chi connectivity index (χ0v) is 15.9. The van der Waals surface area contributed by atoms with Crippen LogP contribution in [0.25, 0.3) is 11.3 Å². The molecule has 0 bridgehead atoms. The second kappa shape index (κ2) is 7.48. The molecule has 1 saturated heterocycles. The molecule has 0 aromatic carbocycles. The summed E-state index contributed by atoms with van der Waals surface area (Å²) in [5.74, 6) is -1.83. The van der Waals surface area contributed by atoms with Crippen molar-refractivity contribution in [3.05, 3.63) is 24.5 Å². The van der Waals surface area contributed by atoms with E-state index in [4.69, 9.17) is 0 Å². The lowest BCUT2D eigenvalue weighted by Crippen LogP contribution is -2.30. The molecule has 6 nitrogen and oxygen atoms in total. The first kappa shape index (κ1) is 18.8. The summed E-state index contributed by atoms with van der Waals surface area (Å²) in [6, 6.07) is 3.55. The number of alkyl halides is 2. The van der Waals surface area contributed by atoms with Crippen molar-refractivity contribution in [2.45, 2.75) is 45.0 Å². The van der Waals surface area contributed by atoms with Crippen LogP contribution in [0.3, 0.4) is 0 Å². The zero-order chi connectivity index (χ0) is 19.7. The normalized spacial score (nSPS) is 24.3. The third-order valence-corrected chi connectivity index (χ3v) is 5.83. The number of hydrogen-bond acceptors (Lipinski definition) is 4. The van der Waals surface area contributed by atoms with Gasteiger partial charge in [-0.2, -0.15) is 5.10 Å². The van der Waals surface area contributed by atoms with Crippen LogP contribution < -0.4 is 10.2 Å². The fourth-order valence-corrected chi connectivity index (χ4v) is 4.11. The van der Waals surface area contributed by atoms with Gasteiger partial charge in [0.2, 0.25) is 5.91 Å². The molecule has 2 aliphatic rings. The molecule has 1 saturated carbocycles. The number of nitrogens with zero attached hydrogens (tertiary/aromatic N) is 3. The number of H-pyrrole nitrogens is 1. The Morgan fingerprint density at radius 1 is 1.25 bits per heavy atom. The molecular formula is C20H25F2N5O. The zero-order valence-electron chi connectivity index (χ0n) is 15.9. The molecule has 0 unspecified atom stereocenters. The van der Waals surface area contributed by atoms with Crippen LogP contribution >= 0.6 is 0 Å². The first-order valence-electron chi connectivity index (χ1n) is 9.85. The van der Waals surface area contributed by atoms with E-state index in [9.17, 15) is 13.6 Å². The molecule has 4 rings (SSSR count). The molecule has 2 aromatic rings. The van der Waals surface area contributed by atoms with Crippen LogP contribution in [0.15, 0.2) is 24.5 Å². The van der Waals surface area contributed by atoms with Crippen molar-refractivity contribution in [3.8, 4) is 11.3 Å². The van der Waals surface area contributed by atoms with Crippen molar-refractivity contribution >= 4 is 17.4 Å². The predicted octanol–water partition coefficient (Wildman–Crippen LogP) is 4.08. The highest BCUT2D eigenvalue weighted by Gasteiger charge is 2.40. The fraction of sp³-hybridized carbons (Fsp3) is 0.550. The number of carbonyl (C=O) groups is 1. The lowest BCUT2D eigenvalue weighted by molar-refractivity contribution is -0.121. The van der Waals surface area contributed by atoms with Gasteiger partial charge < -0.3 is 10.2 Å². The lowest BCUT2D eigenvalue weighted by Gasteiger charge is -2.27. The molecule has 2 N–H and O–H groups in total. The van der Waals surface area contributed by atoms with Crippen LogP contribution in [0.5, 0.6) is 0 Å². The van der Waals surface area contributed by atoms with Gasteiger partial charge >= 0.3 is 0 Å². The van der Waals surface area contributed by atoms with Gasteiger partial charge in [-0.05, 0) is 43.7 Å². The molecule has 0 spiro atoms. The fourth-order valence-electron chi connectivity index (χ4n) is 4.11. The van der Waals surface area contributed by atoms with Crippen LogP contribution in [-0.4, -0.2) is 40.1 Å². The summed E-state index contributed by atoms with van der Waals surface area (Å²) in [4.78, 5) is 18.9. The Kier molecular flexibility index (Phi) is 5.03. The van der Waals surface area contributed by atoms with E-state index >= 15 is 0 Å². The van der Waals surface area contributed by atoms with Crippen molar-refractivity contribution in [2.75, 3.05) is 23.3 Å². The van der Waals surface area contributed by atoms with Gasteiger partial charge in [-0.15, -0.1) is 0 Å². The maximum absolute atomic E-state index is 13.8. The standard InChI is InChI=1S/C20H25F2N5O/c1-13-2-4-14(5-3-13)19(28)25-17-15(16-7-10-24-26-16)6-9-23-18(17)27-11-8-20(21,22)12-27/h6-7,9-10,13-14H,2-5,8,11-12H2,1H3,(H,24,26)(H,25,28)/t13-,14-. The second-order valence-electron chi connectivity index (χ2n) is 8.00. The maximum Gasteiger partial charge on any atom is 0.266 e. The highest BCUT2D eigenvalue weighted by Crippen LogP contribution is 2.39. The van der Waals surface area contributed by atoms with Crippen LogP contribution in [0.4, 0.5) is 20.3 Å². The van der Waals surface area contributed by atoms with Crippen molar-refractivity contribution < 1.29 is 13.6 Å². The van der Waals surface area contributed by atoms with E-state index in [1.807, 2.05) is 0 Å². The summed E-state index contributed by atoms with van der Waals surface area (Å²) in [7, 11) is 0. The summed E-state index contributed by atoms with van der Waals surface area (Å²) in [6.45, 7) is 2.02. The summed E-state index contributed by atoms with van der Waals surface area (Å²) >= 11 is 0. The quantitative estimate of drug-likeness (QED) is 0.826. The maximum atomic E-state index is 13.8. The van der Waals surface area contributed by atoms with Gasteiger partial charge in [0, 0.05) is 36.8 Å². The predicted molar refractivity (Wildman–Crippen MR) is 103 cm³/mol. The summed E-state index contributed by atoms with van der Waals surface area (Å²) in [6.07, 6.45) is 6.76. The molecule has 2 aromatic heterocycles. The monoisotopic (exact) mass is 389 g/mol. The van der Waals surface area contributed by atoms with Gasteiger partial charge in [0.05, 0.1) is 17.9 Å². The number of pyridine rings is 1. The Bertz CT molecular complexity index is 831. The molecule has 8 heteroatoms. The smallest absolute Gasteiger partial charge is 0.266 e. The highest BCUT2D eigenvalue weighted by atomic mass is 19.3. The van der Waals surface area contributed by atoms with Crippen LogP contribution in [-0.2, 0) is 4.79 Å². The second-order valence-corrected chi connectivity index (χ2v) is 8.00. The van der Waals surface area contributed by atoms with E-state index in [0.717, 1.165) is 25.7 Å². The minimum atomic E-state index is -2.74. The number of hydrogen-bond donors (Lipinski definition) is 2. The summed E-state index contributed by atoms with van der Waals surface area (Å²) in [5, 5.41) is 9.89. The molecule has 1 aliphatic heterocycles. The van der Waals surface area contributed by atoms with Crippen LogP contribution in [0.2, 0.25) is 0 Å². The largest absolute Gasteiger partial charge is 0.349 e. The molecule has 0 radical (unpaired) electrons. The number of halogens is 2. The van der Waals surface area contributed by atoms with E-state index in [1.54, 1.807) is 29.4 Å². The molecular weight excluding hydrogens is 364 g/mol. The molecule has 28 heavy (non-hydrogen) atoms. The van der Waals surface area contributed by atoms with E-state index in [1.165, 1.54) is 0 Å². The van der Waals surface area contributed by atoms with Gasteiger partial charge in [0.25, 0.3) is 5.92 Å². The summed E-state index contributed by atoms with van der Waals surface area (Å²) < 4.78 is 27.6. The number of amides is 1. The average Bonchev–Trinajstić information content (AvgIpc) is 3.32. The summed E-state index contributed by atoms with van der Waals surface area (Å²) in [5.41, 5.74) is 1.89. The van der Waals surface area contributed by atoms with Crippen LogP contribution in [0.1, 0.15) is 39.0 Å². The molecule has 1 aliphatic carbocycles. The van der Waals surface area contributed by atoms with Crippen molar-refractivity contribution in [1.29, 1.82) is 0 Å². The Morgan fingerprint density at radius 3 is 2.68 bits per heavy atom.